The normalized spacial score (nSPS) is 14.0. The Balaban J connectivity index is 1.34. The quantitative estimate of drug-likeness (QED) is 0.493. The van der Waals surface area contributed by atoms with Gasteiger partial charge in [0.05, 0.1) is 32.1 Å². The largest absolute Gasteiger partial charge is 0.449 e. The van der Waals surface area contributed by atoms with E-state index in [9.17, 15) is 18.4 Å². The number of ether oxygens (including phenoxy) is 2. The lowest BCUT2D eigenvalue weighted by Crippen LogP contribution is -2.37. The van der Waals surface area contributed by atoms with Crippen molar-refractivity contribution in [1.82, 2.24) is 14.7 Å². The Labute approximate surface area is 201 Å². The molecule has 2 aromatic carbocycles. The summed E-state index contributed by atoms with van der Waals surface area (Å²) in [6.07, 6.45) is 0.177. The molecule has 1 aliphatic rings. The van der Waals surface area contributed by atoms with E-state index in [1.54, 1.807) is 24.3 Å². The fourth-order valence-corrected chi connectivity index (χ4v) is 3.72. The van der Waals surface area contributed by atoms with Crippen LogP contribution >= 0.6 is 0 Å². The number of morpholine rings is 1. The summed E-state index contributed by atoms with van der Waals surface area (Å²) in [5.74, 6) is -1.95. The summed E-state index contributed by atoms with van der Waals surface area (Å²) in [6.45, 7) is 4.51. The van der Waals surface area contributed by atoms with Crippen molar-refractivity contribution in [3.8, 4) is 11.3 Å². The third kappa shape index (κ3) is 6.93. The summed E-state index contributed by atoms with van der Waals surface area (Å²) in [6, 6.07) is 13.2. The van der Waals surface area contributed by atoms with Crippen LogP contribution in [0.1, 0.15) is 12.0 Å². The lowest BCUT2D eigenvalue weighted by Gasteiger charge is -2.26. The average molecular weight is 485 g/mol. The van der Waals surface area contributed by atoms with Gasteiger partial charge in [-0.05, 0) is 48.4 Å². The first kappa shape index (κ1) is 24.5. The number of rotatable bonds is 8. The number of hydrogen-bond acceptors (Lipinski definition) is 6. The Morgan fingerprint density at radius 3 is 2.69 bits per heavy atom. The molecule has 1 N–H and O–H groups in total. The van der Waals surface area contributed by atoms with Crippen molar-refractivity contribution in [3.05, 3.63) is 82.1 Å². The van der Waals surface area contributed by atoms with Crippen LogP contribution in [0, 0.1) is 11.6 Å². The minimum absolute atomic E-state index is 0.125. The zero-order valence-electron chi connectivity index (χ0n) is 19.1. The summed E-state index contributed by atoms with van der Waals surface area (Å²) in [4.78, 5) is 26.7. The average Bonchev–Trinajstić information content (AvgIpc) is 2.86. The highest BCUT2D eigenvalue weighted by Crippen LogP contribution is 2.19. The minimum Gasteiger partial charge on any atom is -0.449 e. The lowest BCUT2D eigenvalue weighted by atomic mass is 10.1. The van der Waals surface area contributed by atoms with Gasteiger partial charge in [0.25, 0.3) is 5.56 Å². The number of benzene rings is 2. The number of nitrogens with one attached hydrogen (secondary N) is 1. The Morgan fingerprint density at radius 2 is 1.89 bits per heavy atom. The minimum atomic E-state index is -0.992. The second-order valence-electron chi connectivity index (χ2n) is 8.11. The SMILES string of the molecule is O=C(Nc1cccc(Cn2nc(-c3ccc(F)c(F)c3)ccc2=O)c1)OCCCN1CCOCC1. The van der Waals surface area contributed by atoms with Crippen molar-refractivity contribution < 1.29 is 23.0 Å². The van der Waals surface area contributed by atoms with Crippen LogP contribution < -0.4 is 10.9 Å². The summed E-state index contributed by atoms with van der Waals surface area (Å²) in [5, 5.41) is 6.97. The van der Waals surface area contributed by atoms with Crippen LogP contribution in [0.15, 0.2) is 59.4 Å². The Bertz CT molecular complexity index is 1230. The molecule has 184 valence electrons. The standard InChI is InChI=1S/C25H26F2N4O4/c26-21-6-5-19(16-22(21)27)23-7-8-24(32)31(29-23)17-18-3-1-4-20(15-18)28-25(33)35-12-2-9-30-10-13-34-14-11-30/h1,3-8,15-16H,2,9-14,17H2,(H,28,33). The van der Waals surface area contributed by atoms with Crippen LogP contribution in [0.3, 0.4) is 0 Å². The second-order valence-corrected chi connectivity index (χ2v) is 8.11. The van der Waals surface area contributed by atoms with Gasteiger partial charge in [-0.15, -0.1) is 0 Å². The Kier molecular flexibility index (Phi) is 8.17. The number of aromatic nitrogens is 2. The highest BCUT2D eigenvalue weighted by molar-refractivity contribution is 5.84. The molecule has 35 heavy (non-hydrogen) atoms. The van der Waals surface area contributed by atoms with Crippen molar-refractivity contribution in [2.24, 2.45) is 0 Å². The van der Waals surface area contributed by atoms with E-state index in [-0.39, 0.29) is 12.1 Å². The van der Waals surface area contributed by atoms with E-state index in [1.165, 1.54) is 22.9 Å². The van der Waals surface area contributed by atoms with E-state index >= 15 is 0 Å². The van der Waals surface area contributed by atoms with Crippen molar-refractivity contribution in [2.45, 2.75) is 13.0 Å². The molecule has 1 fully saturated rings. The molecular weight excluding hydrogens is 458 g/mol. The molecule has 0 radical (unpaired) electrons. The first-order chi connectivity index (χ1) is 17.0. The molecule has 4 rings (SSSR count). The summed E-state index contributed by atoms with van der Waals surface area (Å²) in [5.41, 5.74) is 1.56. The molecule has 3 aromatic rings. The number of nitrogens with zero attached hydrogens (tertiary/aromatic N) is 3. The van der Waals surface area contributed by atoms with Gasteiger partial charge < -0.3 is 9.47 Å². The first-order valence-electron chi connectivity index (χ1n) is 11.3. The zero-order valence-corrected chi connectivity index (χ0v) is 19.1. The highest BCUT2D eigenvalue weighted by Gasteiger charge is 2.11. The van der Waals surface area contributed by atoms with Gasteiger partial charge in [-0.1, -0.05) is 12.1 Å². The van der Waals surface area contributed by atoms with E-state index in [1.807, 2.05) is 0 Å². The molecular formula is C25H26F2N4O4. The summed E-state index contributed by atoms with van der Waals surface area (Å²) < 4.78 is 38.6. The molecule has 0 saturated carbocycles. The van der Waals surface area contributed by atoms with Gasteiger partial charge in [0.1, 0.15) is 0 Å². The first-order valence-corrected chi connectivity index (χ1v) is 11.3. The number of halogens is 2. The molecule has 1 saturated heterocycles. The van der Waals surface area contributed by atoms with Gasteiger partial charge in [-0.3, -0.25) is 15.0 Å². The Hall–Kier alpha value is -3.63. The van der Waals surface area contributed by atoms with Crippen molar-refractivity contribution >= 4 is 11.8 Å². The van der Waals surface area contributed by atoms with E-state index in [4.69, 9.17) is 9.47 Å². The molecule has 10 heteroatoms. The van der Waals surface area contributed by atoms with Crippen LogP contribution in [0.4, 0.5) is 19.3 Å². The van der Waals surface area contributed by atoms with Crippen LogP contribution in [-0.4, -0.2) is 60.2 Å². The number of amides is 1. The monoisotopic (exact) mass is 484 g/mol. The second kappa shape index (κ2) is 11.7. The van der Waals surface area contributed by atoms with E-state index in [0.29, 0.717) is 29.1 Å². The van der Waals surface area contributed by atoms with Crippen LogP contribution in [0.5, 0.6) is 0 Å². The van der Waals surface area contributed by atoms with Crippen LogP contribution in [0.25, 0.3) is 11.3 Å². The van der Waals surface area contributed by atoms with Crippen molar-refractivity contribution in [1.29, 1.82) is 0 Å². The topological polar surface area (TPSA) is 85.7 Å². The van der Waals surface area contributed by atoms with Crippen molar-refractivity contribution in [3.63, 3.8) is 0 Å². The van der Waals surface area contributed by atoms with Gasteiger partial charge >= 0.3 is 6.09 Å². The molecule has 8 nitrogen and oxygen atoms in total. The predicted molar refractivity (Wildman–Crippen MR) is 126 cm³/mol. The molecule has 0 bridgehead atoms. The number of carbonyl (C=O) groups excluding carboxylic acids is 1. The van der Waals surface area contributed by atoms with Gasteiger partial charge in [-0.25, -0.2) is 18.3 Å². The molecule has 0 unspecified atom stereocenters. The van der Waals surface area contributed by atoms with Crippen LogP contribution in [0.2, 0.25) is 0 Å². The molecule has 0 aliphatic carbocycles. The summed E-state index contributed by atoms with van der Waals surface area (Å²) in [7, 11) is 0. The number of anilines is 1. The van der Waals surface area contributed by atoms with E-state index < -0.39 is 17.7 Å². The van der Waals surface area contributed by atoms with Gasteiger partial charge in [-0.2, -0.15) is 5.10 Å². The predicted octanol–water partition coefficient (Wildman–Crippen LogP) is 3.51. The zero-order chi connectivity index (χ0) is 24.6. The third-order valence-corrected chi connectivity index (χ3v) is 5.54. The van der Waals surface area contributed by atoms with Crippen molar-refractivity contribution in [2.75, 3.05) is 44.8 Å². The number of carbonyl (C=O) groups is 1. The number of hydrogen-bond donors (Lipinski definition) is 1. The summed E-state index contributed by atoms with van der Waals surface area (Å²) >= 11 is 0. The maximum Gasteiger partial charge on any atom is 0.411 e. The van der Waals surface area contributed by atoms with E-state index in [0.717, 1.165) is 51.4 Å². The highest BCUT2D eigenvalue weighted by atomic mass is 19.2. The fourth-order valence-electron chi connectivity index (χ4n) is 3.72. The fraction of sp³-hybridized carbons (Fsp3) is 0.320. The van der Waals surface area contributed by atoms with Gasteiger partial charge in [0, 0.05) is 37.0 Å². The smallest absolute Gasteiger partial charge is 0.411 e. The molecule has 0 spiro atoms. The Morgan fingerprint density at radius 1 is 1.06 bits per heavy atom. The van der Waals surface area contributed by atoms with Gasteiger partial charge in [0.2, 0.25) is 0 Å². The molecule has 0 atom stereocenters. The lowest BCUT2D eigenvalue weighted by molar-refractivity contribution is 0.0348. The molecule has 1 aliphatic heterocycles. The van der Waals surface area contributed by atoms with Crippen LogP contribution in [-0.2, 0) is 16.0 Å². The molecule has 2 heterocycles. The third-order valence-electron chi connectivity index (χ3n) is 5.54. The maximum atomic E-state index is 13.6. The molecule has 1 amide bonds. The maximum absolute atomic E-state index is 13.6. The van der Waals surface area contributed by atoms with E-state index in [2.05, 4.69) is 15.3 Å². The van der Waals surface area contributed by atoms with Gasteiger partial charge in [0.15, 0.2) is 11.6 Å². The molecule has 1 aromatic heterocycles.